The molecule has 144 valence electrons. The first-order valence-electron chi connectivity index (χ1n) is 9.39. The van der Waals surface area contributed by atoms with Crippen LogP contribution in [0.5, 0.6) is 0 Å². The second-order valence-electron chi connectivity index (χ2n) is 6.78. The number of fused-ring (bicyclic) bond motifs is 2. The van der Waals surface area contributed by atoms with Gasteiger partial charge >= 0.3 is 0 Å². The fourth-order valence-corrected chi connectivity index (χ4v) is 3.38. The first-order chi connectivity index (χ1) is 14.3. The fourth-order valence-electron chi connectivity index (χ4n) is 3.38. The van der Waals surface area contributed by atoms with Crippen LogP contribution in [0.3, 0.4) is 0 Å². The highest BCUT2D eigenvalue weighted by Gasteiger charge is 2.15. The van der Waals surface area contributed by atoms with Crippen molar-refractivity contribution in [3.8, 4) is 0 Å². The van der Waals surface area contributed by atoms with Gasteiger partial charge in [-0.3, -0.25) is 0 Å². The van der Waals surface area contributed by atoms with Gasteiger partial charge in [0, 0.05) is 0 Å². The van der Waals surface area contributed by atoms with Crippen LogP contribution < -0.4 is 0 Å². The summed E-state index contributed by atoms with van der Waals surface area (Å²) < 4.78 is 11.2. The monoisotopic (exact) mass is 384 g/mol. The summed E-state index contributed by atoms with van der Waals surface area (Å²) in [5.41, 5.74) is 1.49. The van der Waals surface area contributed by atoms with Crippen LogP contribution in [-0.4, -0.2) is 19.4 Å². The maximum Gasteiger partial charge on any atom is 0.153 e. The Bertz CT molecular complexity index is 1060. The molecule has 0 spiro atoms. The number of carbonyl (C=O) groups is 2. The number of rotatable bonds is 8. The van der Waals surface area contributed by atoms with Crippen molar-refractivity contribution in [1.82, 2.24) is 0 Å². The highest BCUT2D eigenvalue weighted by molar-refractivity contribution is 5.84. The van der Waals surface area contributed by atoms with E-state index in [1.54, 1.807) is 0 Å². The van der Waals surface area contributed by atoms with Crippen LogP contribution in [0.1, 0.15) is 23.3 Å². The van der Waals surface area contributed by atoms with Crippen LogP contribution in [0.2, 0.25) is 0 Å². The Hall–Kier alpha value is -3.34. The zero-order chi connectivity index (χ0) is 20.1. The van der Waals surface area contributed by atoms with Crippen LogP contribution in [0.4, 0.5) is 0 Å². The van der Waals surface area contributed by atoms with Gasteiger partial charge in [0.1, 0.15) is 19.0 Å². The second kappa shape index (κ2) is 8.78. The van der Waals surface area contributed by atoms with Gasteiger partial charge in [-0.25, -0.2) is 0 Å². The highest BCUT2D eigenvalue weighted by Crippen LogP contribution is 2.24. The van der Waals surface area contributed by atoms with Gasteiger partial charge in [-0.1, -0.05) is 72.8 Å². The zero-order valence-corrected chi connectivity index (χ0v) is 15.7. The molecule has 29 heavy (non-hydrogen) atoms. The fraction of sp³-hybridized carbons (Fsp3) is 0.120. The van der Waals surface area contributed by atoms with E-state index in [1.807, 2.05) is 84.9 Å². The first kappa shape index (κ1) is 19.0. The Morgan fingerprint density at radius 2 is 1.00 bits per heavy atom. The second-order valence-corrected chi connectivity index (χ2v) is 6.78. The van der Waals surface area contributed by atoms with Crippen LogP contribution in [0.25, 0.3) is 21.5 Å². The maximum absolute atomic E-state index is 11.6. The van der Waals surface area contributed by atoms with Crippen LogP contribution in [0.15, 0.2) is 84.9 Å². The van der Waals surface area contributed by atoms with Crippen molar-refractivity contribution in [2.75, 3.05) is 6.79 Å². The smallest absolute Gasteiger partial charge is 0.153 e. The van der Waals surface area contributed by atoms with Crippen LogP contribution in [0, 0.1) is 0 Å². The molecule has 0 aliphatic rings. The van der Waals surface area contributed by atoms with Gasteiger partial charge in [0.25, 0.3) is 0 Å². The average molecular weight is 384 g/mol. The molecule has 4 heteroatoms. The summed E-state index contributed by atoms with van der Waals surface area (Å²) in [6, 6.07) is 27.3. The molecule has 2 unspecified atom stereocenters. The molecule has 0 bridgehead atoms. The molecule has 2 atom stereocenters. The topological polar surface area (TPSA) is 52.6 Å². The van der Waals surface area contributed by atoms with E-state index in [2.05, 4.69) is 0 Å². The average Bonchev–Trinajstić information content (AvgIpc) is 2.79. The zero-order valence-electron chi connectivity index (χ0n) is 15.7. The van der Waals surface area contributed by atoms with Gasteiger partial charge < -0.3 is 19.1 Å². The molecule has 0 heterocycles. The lowest BCUT2D eigenvalue weighted by Crippen LogP contribution is -2.13. The van der Waals surface area contributed by atoms with Gasteiger partial charge in [0.2, 0.25) is 0 Å². The Balaban J connectivity index is 1.44. The molecule has 0 aliphatic carbocycles. The van der Waals surface area contributed by atoms with Crippen LogP contribution >= 0.6 is 0 Å². The van der Waals surface area contributed by atoms with Gasteiger partial charge in [0.05, 0.1) is 0 Å². The molecule has 0 fully saturated rings. The SMILES string of the molecule is O=CC(OCOC(C=O)c1ccc2ccccc2c1)c1ccc2ccccc2c1. The molecule has 0 radical (unpaired) electrons. The largest absolute Gasteiger partial charge is 0.340 e. The normalized spacial score (nSPS) is 13.2. The van der Waals surface area contributed by atoms with Crippen LogP contribution in [-0.2, 0) is 19.1 Å². The summed E-state index contributed by atoms with van der Waals surface area (Å²) in [4.78, 5) is 23.1. The Morgan fingerprint density at radius 1 is 0.586 bits per heavy atom. The number of aldehydes is 2. The molecule has 0 saturated heterocycles. The van der Waals surface area contributed by atoms with E-state index < -0.39 is 12.2 Å². The highest BCUT2D eigenvalue weighted by atomic mass is 16.7. The first-order valence-corrected chi connectivity index (χ1v) is 9.39. The van der Waals surface area contributed by atoms with E-state index >= 15 is 0 Å². The van der Waals surface area contributed by atoms with E-state index in [1.165, 1.54) is 0 Å². The molecule has 4 nitrogen and oxygen atoms in total. The predicted molar refractivity (Wildman–Crippen MR) is 113 cm³/mol. The van der Waals surface area contributed by atoms with E-state index in [9.17, 15) is 9.59 Å². The minimum atomic E-state index is -0.761. The Morgan fingerprint density at radius 3 is 1.41 bits per heavy atom. The molecule has 0 aromatic heterocycles. The third-order valence-electron chi connectivity index (χ3n) is 4.95. The van der Waals surface area contributed by atoms with E-state index in [0.29, 0.717) is 0 Å². The minimum absolute atomic E-state index is 0.174. The van der Waals surface area contributed by atoms with E-state index in [-0.39, 0.29) is 6.79 Å². The molecule has 4 rings (SSSR count). The lowest BCUT2D eigenvalue weighted by molar-refractivity contribution is -0.146. The van der Waals surface area contributed by atoms with Crippen molar-refractivity contribution in [2.24, 2.45) is 0 Å². The van der Waals surface area contributed by atoms with E-state index in [4.69, 9.17) is 9.47 Å². The van der Waals surface area contributed by atoms with Gasteiger partial charge in [-0.15, -0.1) is 0 Å². The number of carbonyl (C=O) groups excluding carboxylic acids is 2. The third kappa shape index (κ3) is 4.24. The van der Waals surface area contributed by atoms with Crippen molar-refractivity contribution >= 4 is 34.1 Å². The molecule has 4 aromatic rings. The molecule has 0 aliphatic heterocycles. The van der Waals surface area contributed by atoms with Gasteiger partial charge in [0.15, 0.2) is 12.6 Å². The summed E-state index contributed by atoms with van der Waals surface area (Å²) in [5, 5.41) is 4.25. The molecular formula is C25H20O4. The van der Waals surface area contributed by atoms with Gasteiger partial charge in [-0.2, -0.15) is 0 Å². The molecular weight excluding hydrogens is 364 g/mol. The summed E-state index contributed by atoms with van der Waals surface area (Å²) >= 11 is 0. The predicted octanol–water partition coefficient (Wildman–Crippen LogP) is 5.16. The van der Waals surface area contributed by atoms with Crippen molar-refractivity contribution in [3.63, 3.8) is 0 Å². The Labute approximate surface area is 168 Å². The number of hydrogen-bond acceptors (Lipinski definition) is 4. The summed E-state index contributed by atoms with van der Waals surface area (Å²) in [6.45, 7) is -0.174. The summed E-state index contributed by atoms with van der Waals surface area (Å²) in [7, 11) is 0. The Kier molecular flexibility index (Phi) is 5.75. The molecule has 4 aromatic carbocycles. The van der Waals surface area contributed by atoms with E-state index in [0.717, 1.165) is 45.2 Å². The number of ether oxygens (including phenoxy) is 2. The van der Waals surface area contributed by atoms with Crippen molar-refractivity contribution in [2.45, 2.75) is 12.2 Å². The van der Waals surface area contributed by atoms with Gasteiger partial charge in [-0.05, 0) is 44.8 Å². The number of hydrogen-bond donors (Lipinski definition) is 0. The summed E-state index contributed by atoms with van der Waals surface area (Å²) in [6.07, 6.45) is -0.0502. The van der Waals surface area contributed by atoms with Crippen molar-refractivity contribution < 1.29 is 19.1 Å². The third-order valence-corrected chi connectivity index (χ3v) is 4.95. The lowest BCUT2D eigenvalue weighted by Gasteiger charge is -2.17. The molecule has 0 amide bonds. The quantitative estimate of drug-likeness (QED) is 0.311. The lowest BCUT2D eigenvalue weighted by atomic mass is 10.0. The maximum atomic E-state index is 11.6. The summed E-state index contributed by atoms with van der Waals surface area (Å²) in [5.74, 6) is 0. The standard InChI is InChI=1S/C25H20O4/c26-15-24(22-11-9-18-5-1-3-7-20(18)13-22)28-17-29-25(16-27)23-12-10-19-6-2-4-8-21(19)14-23/h1-16,24-25H,17H2. The molecule has 0 N–H and O–H groups in total. The van der Waals surface area contributed by atoms with Crippen molar-refractivity contribution in [3.05, 3.63) is 96.1 Å². The number of benzene rings is 4. The van der Waals surface area contributed by atoms with Crippen molar-refractivity contribution in [1.29, 1.82) is 0 Å². The minimum Gasteiger partial charge on any atom is -0.340 e. The molecule has 0 saturated carbocycles.